The van der Waals surface area contributed by atoms with Crippen molar-refractivity contribution < 1.29 is 19.5 Å². The number of aldehydes is 1. The number of benzene rings is 4. The number of hydrogen-bond donors (Lipinski definition) is 3. The summed E-state index contributed by atoms with van der Waals surface area (Å²) in [6.45, 7) is 9.47. The van der Waals surface area contributed by atoms with Crippen LogP contribution in [0.3, 0.4) is 0 Å². The number of allylic oxidation sites excluding steroid dienone is 2. The zero-order chi connectivity index (χ0) is 35.1. The molecule has 0 radical (unpaired) electrons. The predicted octanol–water partition coefficient (Wildman–Crippen LogP) is 9.65. The van der Waals surface area contributed by atoms with E-state index in [1.165, 1.54) is 22.7 Å². The number of aliphatic hydroxyl groups excluding tert-OH is 1. The van der Waals surface area contributed by atoms with E-state index in [9.17, 15) is 19.5 Å². The van der Waals surface area contributed by atoms with Gasteiger partial charge in [-0.1, -0.05) is 48.6 Å². The van der Waals surface area contributed by atoms with E-state index in [1.54, 1.807) is 13.0 Å². The van der Waals surface area contributed by atoms with Gasteiger partial charge in [0.1, 0.15) is 11.1 Å². The van der Waals surface area contributed by atoms with Crippen LogP contribution in [0.5, 0.6) is 0 Å². The van der Waals surface area contributed by atoms with Crippen molar-refractivity contribution in [2.75, 3.05) is 10.6 Å². The van der Waals surface area contributed by atoms with E-state index in [0.717, 1.165) is 43.5 Å². The summed E-state index contributed by atoms with van der Waals surface area (Å²) < 4.78 is 1.91. The zero-order valence-corrected chi connectivity index (χ0v) is 29.4. The molecule has 2 amide bonds. The van der Waals surface area contributed by atoms with E-state index < -0.39 is 6.10 Å². The molecule has 0 spiro atoms. The van der Waals surface area contributed by atoms with Gasteiger partial charge in [0.2, 0.25) is 0 Å². The highest BCUT2D eigenvalue weighted by Crippen LogP contribution is 2.29. The molecule has 6 aromatic rings. The molecule has 2 heterocycles. The Bertz CT molecular complexity index is 2230. The fourth-order valence-electron chi connectivity index (χ4n) is 5.15. The minimum atomic E-state index is -0.589. The molecule has 0 saturated heterocycles. The van der Waals surface area contributed by atoms with Crippen molar-refractivity contribution in [3.63, 3.8) is 0 Å². The SMILES string of the molecule is C/C=C/c1ccc(C(=O)Nc2ccc3sc(C(C)O)nc3c2)c(C)c1.C/C=C/c1ccc(C(=O)Nc2ccc3sc(C=O)nc3c2)c(C)c1. The Kier molecular flexibility index (Phi) is 11.3. The van der Waals surface area contributed by atoms with Crippen LogP contribution in [0.4, 0.5) is 11.4 Å². The average Bonchev–Trinajstić information content (AvgIpc) is 3.69. The molecular formula is C39H36N4O4S2. The Morgan fingerprint density at radius 1 is 0.714 bits per heavy atom. The van der Waals surface area contributed by atoms with Crippen LogP contribution in [0.25, 0.3) is 32.6 Å². The molecule has 248 valence electrons. The Hall–Kier alpha value is -5.29. The Labute approximate surface area is 292 Å². The first-order valence-electron chi connectivity index (χ1n) is 15.6. The van der Waals surface area contributed by atoms with E-state index in [2.05, 4.69) is 20.6 Å². The van der Waals surface area contributed by atoms with E-state index >= 15 is 0 Å². The van der Waals surface area contributed by atoms with Crippen LogP contribution < -0.4 is 10.6 Å². The highest BCUT2D eigenvalue weighted by Gasteiger charge is 2.13. The first kappa shape index (κ1) is 35.0. The van der Waals surface area contributed by atoms with Crippen molar-refractivity contribution in [2.24, 2.45) is 0 Å². The Morgan fingerprint density at radius 2 is 1.20 bits per heavy atom. The monoisotopic (exact) mass is 688 g/mol. The second-order valence-corrected chi connectivity index (χ2v) is 13.4. The number of thiazole rings is 2. The van der Waals surface area contributed by atoms with Gasteiger partial charge >= 0.3 is 0 Å². The highest BCUT2D eigenvalue weighted by atomic mass is 32.1. The van der Waals surface area contributed by atoms with Crippen molar-refractivity contribution >= 4 is 84.7 Å². The Morgan fingerprint density at radius 3 is 1.65 bits per heavy atom. The van der Waals surface area contributed by atoms with Crippen LogP contribution in [0.15, 0.2) is 84.9 Å². The van der Waals surface area contributed by atoms with Gasteiger partial charge in [-0.15, -0.1) is 22.7 Å². The fourth-order valence-corrected chi connectivity index (χ4v) is 6.80. The molecule has 10 heteroatoms. The molecule has 0 aliphatic rings. The first-order chi connectivity index (χ1) is 23.6. The van der Waals surface area contributed by atoms with Gasteiger partial charge in [-0.05, 0) is 105 Å². The highest BCUT2D eigenvalue weighted by molar-refractivity contribution is 7.20. The quantitative estimate of drug-likeness (QED) is 0.137. The molecule has 8 nitrogen and oxygen atoms in total. The van der Waals surface area contributed by atoms with Gasteiger partial charge in [-0.2, -0.15) is 0 Å². The number of nitrogens with zero attached hydrogens (tertiary/aromatic N) is 2. The lowest BCUT2D eigenvalue weighted by atomic mass is 10.0. The van der Waals surface area contributed by atoms with Crippen LogP contribution in [0.2, 0.25) is 0 Å². The van der Waals surface area contributed by atoms with Crippen molar-refractivity contribution in [3.8, 4) is 0 Å². The van der Waals surface area contributed by atoms with Gasteiger partial charge in [0.05, 0.1) is 20.4 Å². The standard InChI is InChI=1S/C20H20N2O2S.C19H16N2O2S/c1-4-5-14-6-8-16(12(2)10-14)19(24)21-15-7-9-18-17(11-15)22-20(25-18)13(3)23;1-3-4-13-5-7-15(12(2)9-13)19(23)20-14-6-8-17-16(10-14)21-18(11-22)24-17/h4-11,13,23H,1-3H3,(H,21,24);3-11H,1-2H3,(H,20,23)/b5-4+;4-3+. The third-order valence-electron chi connectivity index (χ3n) is 7.49. The number of carbonyl (C=O) groups excluding carboxylic acids is 3. The summed E-state index contributed by atoms with van der Waals surface area (Å²) in [6, 6.07) is 22.5. The molecule has 4 aromatic carbocycles. The summed E-state index contributed by atoms with van der Waals surface area (Å²) in [5.74, 6) is -0.306. The number of nitrogens with one attached hydrogen (secondary N) is 2. The van der Waals surface area contributed by atoms with Gasteiger partial charge in [-0.3, -0.25) is 14.4 Å². The number of hydrogen-bond acceptors (Lipinski definition) is 8. The summed E-state index contributed by atoms with van der Waals surface area (Å²) in [4.78, 5) is 44.5. The van der Waals surface area contributed by atoms with E-state index in [1.807, 2.05) is 119 Å². The molecule has 0 aliphatic carbocycles. The van der Waals surface area contributed by atoms with Crippen molar-refractivity contribution in [3.05, 3.63) is 128 Å². The third kappa shape index (κ3) is 8.60. The maximum atomic E-state index is 12.6. The van der Waals surface area contributed by atoms with Gasteiger partial charge in [-0.25, -0.2) is 9.97 Å². The fraction of sp³-hybridized carbons (Fsp3) is 0.154. The number of carbonyl (C=O) groups is 3. The second-order valence-electron chi connectivity index (χ2n) is 11.3. The largest absolute Gasteiger partial charge is 0.386 e. The maximum absolute atomic E-state index is 12.6. The van der Waals surface area contributed by atoms with Crippen molar-refractivity contribution in [2.45, 2.75) is 40.7 Å². The minimum Gasteiger partial charge on any atom is -0.386 e. The normalized spacial score (nSPS) is 11.9. The van der Waals surface area contributed by atoms with E-state index in [4.69, 9.17) is 0 Å². The van der Waals surface area contributed by atoms with Crippen LogP contribution in [-0.2, 0) is 0 Å². The summed E-state index contributed by atoms with van der Waals surface area (Å²) >= 11 is 2.79. The topological polar surface area (TPSA) is 121 Å². The maximum Gasteiger partial charge on any atom is 0.255 e. The molecule has 2 aromatic heterocycles. The number of fused-ring (bicyclic) bond motifs is 2. The Balaban J connectivity index is 0.000000191. The lowest BCUT2D eigenvalue weighted by Gasteiger charge is -2.08. The number of rotatable bonds is 8. The molecular weight excluding hydrogens is 653 g/mol. The first-order valence-corrected chi connectivity index (χ1v) is 17.3. The van der Waals surface area contributed by atoms with E-state index in [0.29, 0.717) is 38.0 Å². The van der Waals surface area contributed by atoms with Gasteiger partial charge in [0.25, 0.3) is 11.8 Å². The summed E-state index contributed by atoms with van der Waals surface area (Å²) in [5, 5.41) is 16.6. The van der Waals surface area contributed by atoms with Gasteiger partial charge < -0.3 is 15.7 Å². The van der Waals surface area contributed by atoms with Crippen molar-refractivity contribution in [1.29, 1.82) is 0 Å². The minimum absolute atomic E-state index is 0.144. The smallest absolute Gasteiger partial charge is 0.255 e. The van der Waals surface area contributed by atoms with Crippen LogP contribution >= 0.6 is 22.7 Å². The summed E-state index contributed by atoms with van der Waals surface area (Å²) in [5.41, 5.74) is 8.11. The number of aryl methyl sites for hydroxylation is 2. The summed E-state index contributed by atoms with van der Waals surface area (Å²) in [7, 11) is 0. The summed E-state index contributed by atoms with van der Waals surface area (Å²) in [6.07, 6.45) is 8.08. The molecule has 0 saturated carbocycles. The number of aromatic nitrogens is 2. The van der Waals surface area contributed by atoms with Crippen LogP contribution in [0.1, 0.15) is 84.7 Å². The molecule has 1 atom stereocenters. The van der Waals surface area contributed by atoms with Gasteiger partial charge in [0.15, 0.2) is 11.3 Å². The molecule has 0 aliphatic heterocycles. The van der Waals surface area contributed by atoms with Crippen molar-refractivity contribution in [1.82, 2.24) is 9.97 Å². The molecule has 0 fully saturated rings. The number of anilines is 2. The van der Waals surface area contributed by atoms with Gasteiger partial charge in [0, 0.05) is 22.5 Å². The average molecular weight is 689 g/mol. The molecule has 0 bridgehead atoms. The second kappa shape index (κ2) is 15.7. The number of aliphatic hydroxyl groups is 1. The molecule has 1 unspecified atom stereocenters. The van der Waals surface area contributed by atoms with E-state index in [-0.39, 0.29) is 11.8 Å². The molecule has 3 N–H and O–H groups in total. The zero-order valence-electron chi connectivity index (χ0n) is 27.8. The number of amides is 2. The molecule has 6 rings (SSSR count). The lowest BCUT2D eigenvalue weighted by Crippen LogP contribution is -2.13. The predicted molar refractivity (Wildman–Crippen MR) is 203 cm³/mol. The van der Waals surface area contributed by atoms with Crippen LogP contribution in [-0.4, -0.2) is 33.2 Å². The lowest BCUT2D eigenvalue weighted by molar-refractivity contribution is 0.101. The third-order valence-corrected chi connectivity index (χ3v) is 9.66. The molecule has 49 heavy (non-hydrogen) atoms. The van der Waals surface area contributed by atoms with Crippen LogP contribution in [0, 0.1) is 13.8 Å².